The Morgan fingerprint density at radius 3 is 2.59 bits per heavy atom. The van der Waals surface area contributed by atoms with Crippen molar-refractivity contribution in [1.29, 1.82) is 5.26 Å². The lowest BCUT2D eigenvalue weighted by molar-refractivity contribution is -0.116. The number of fused-ring (bicyclic) bond motifs is 1. The summed E-state index contributed by atoms with van der Waals surface area (Å²) in [5, 5.41) is 11.6. The number of hydrogen-bond acceptors (Lipinski definition) is 6. The van der Waals surface area contributed by atoms with E-state index < -0.39 is 15.9 Å². The molecule has 152 valence electrons. The standard InChI is InChI=1S/C19H18ClN3O5S/c1-2-23(29(25,26)15-5-3-13(11-21)16(20)10-15)12-19(24)22-14-4-6-17-18(9-14)28-8-7-27-17/h3-6,9-10H,2,7-8,12H2,1H3,(H,22,24). The number of ether oxygens (including phenoxy) is 2. The van der Waals surface area contributed by atoms with Crippen molar-refractivity contribution in [1.82, 2.24) is 4.31 Å². The maximum atomic E-state index is 12.9. The zero-order valence-corrected chi connectivity index (χ0v) is 17.1. The average molecular weight is 436 g/mol. The number of rotatable bonds is 6. The van der Waals surface area contributed by atoms with Crippen LogP contribution in [0.4, 0.5) is 5.69 Å². The molecule has 0 radical (unpaired) electrons. The number of nitriles is 1. The van der Waals surface area contributed by atoms with Gasteiger partial charge in [0.25, 0.3) is 0 Å². The molecule has 8 nitrogen and oxygen atoms in total. The van der Waals surface area contributed by atoms with E-state index in [-0.39, 0.29) is 28.6 Å². The highest BCUT2D eigenvalue weighted by Crippen LogP contribution is 2.32. The smallest absolute Gasteiger partial charge is 0.243 e. The van der Waals surface area contributed by atoms with Crippen molar-refractivity contribution >= 4 is 33.2 Å². The summed E-state index contributed by atoms with van der Waals surface area (Å²) >= 11 is 5.95. The minimum atomic E-state index is -3.97. The van der Waals surface area contributed by atoms with E-state index in [0.717, 1.165) is 4.31 Å². The number of likely N-dealkylation sites (N-methyl/N-ethyl adjacent to an activating group) is 1. The van der Waals surface area contributed by atoms with E-state index in [2.05, 4.69) is 5.32 Å². The predicted octanol–water partition coefficient (Wildman–Crippen LogP) is 2.63. The van der Waals surface area contributed by atoms with E-state index in [1.165, 1.54) is 18.2 Å². The highest BCUT2D eigenvalue weighted by atomic mass is 35.5. The molecule has 0 saturated carbocycles. The van der Waals surface area contributed by atoms with E-state index in [4.69, 9.17) is 26.3 Å². The van der Waals surface area contributed by atoms with Crippen LogP contribution in [0.5, 0.6) is 11.5 Å². The number of carbonyl (C=O) groups is 1. The molecule has 0 bridgehead atoms. The van der Waals surface area contributed by atoms with E-state index in [1.54, 1.807) is 25.1 Å². The zero-order valence-electron chi connectivity index (χ0n) is 15.5. The van der Waals surface area contributed by atoms with E-state index >= 15 is 0 Å². The third-order valence-electron chi connectivity index (χ3n) is 4.20. The Morgan fingerprint density at radius 1 is 1.21 bits per heavy atom. The molecule has 0 spiro atoms. The van der Waals surface area contributed by atoms with Crippen molar-refractivity contribution in [3.63, 3.8) is 0 Å². The SMILES string of the molecule is CCN(CC(=O)Nc1ccc2c(c1)OCCO2)S(=O)(=O)c1ccc(C#N)c(Cl)c1. The van der Waals surface area contributed by atoms with Gasteiger partial charge < -0.3 is 14.8 Å². The predicted molar refractivity (Wildman–Crippen MR) is 107 cm³/mol. The van der Waals surface area contributed by atoms with Gasteiger partial charge in [-0.1, -0.05) is 18.5 Å². The quantitative estimate of drug-likeness (QED) is 0.747. The first-order chi connectivity index (χ1) is 13.8. The maximum Gasteiger partial charge on any atom is 0.243 e. The summed E-state index contributed by atoms with van der Waals surface area (Å²) in [5.74, 6) is 0.595. The van der Waals surface area contributed by atoms with E-state index in [9.17, 15) is 13.2 Å². The topological polar surface area (TPSA) is 109 Å². The van der Waals surface area contributed by atoms with Gasteiger partial charge in [-0.3, -0.25) is 4.79 Å². The normalized spacial score (nSPS) is 13.0. The van der Waals surface area contributed by atoms with Crippen molar-refractivity contribution in [2.75, 3.05) is 31.6 Å². The molecule has 1 N–H and O–H groups in total. The number of carbonyl (C=O) groups excluding carboxylic acids is 1. The molecule has 2 aromatic rings. The Labute approximate surface area is 173 Å². The third kappa shape index (κ3) is 4.62. The minimum absolute atomic E-state index is 0.0327. The number of benzene rings is 2. The molecule has 29 heavy (non-hydrogen) atoms. The van der Waals surface area contributed by atoms with E-state index in [0.29, 0.717) is 30.4 Å². The second-order valence-electron chi connectivity index (χ2n) is 6.09. The highest BCUT2D eigenvalue weighted by Gasteiger charge is 2.26. The Morgan fingerprint density at radius 2 is 1.93 bits per heavy atom. The molecule has 0 aliphatic carbocycles. The van der Waals surface area contributed by atoms with Gasteiger partial charge in [0.1, 0.15) is 19.3 Å². The van der Waals surface area contributed by atoms with Gasteiger partial charge in [-0.2, -0.15) is 9.57 Å². The van der Waals surface area contributed by atoms with Gasteiger partial charge in [0, 0.05) is 18.3 Å². The number of halogens is 1. The molecule has 1 heterocycles. The van der Waals surface area contributed by atoms with E-state index in [1.807, 2.05) is 6.07 Å². The molecule has 10 heteroatoms. The van der Waals surface area contributed by atoms with Crippen molar-refractivity contribution < 1.29 is 22.7 Å². The fourth-order valence-corrected chi connectivity index (χ4v) is 4.46. The van der Waals surface area contributed by atoms with Gasteiger partial charge >= 0.3 is 0 Å². The average Bonchev–Trinajstić information content (AvgIpc) is 2.71. The second kappa shape index (κ2) is 8.69. The first-order valence-corrected chi connectivity index (χ1v) is 10.6. The molecule has 1 amide bonds. The summed E-state index contributed by atoms with van der Waals surface area (Å²) in [4.78, 5) is 12.3. The minimum Gasteiger partial charge on any atom is -0.486 e. The molecular formula is C19H18ClN3O5S. The first kappa shape index (κ1) is 20.9. The Balaban J connectivity index is 1.74. The Hall–Kier alpha value is -2.80. The number of nitrogens with one attached hydrogen (secondary N) is 1. The van der Waals surface area contributed by atoms with Crippen LogP contribution in [-0.4, -0.2) is 44.9 Å². The van der Waals surface area contributed by atoms with Crippen molar-refractivity contribution in [2.24, 2.45) is 0 Å². The van der Waals surface area contributed by atoms with Crippen LogP contribution < -0.4 is 14.8 Å². The van der Waals surface area contributed by atoms with Crippen LogP contribution in [0.1, 0.15) is 12.5 Å². The molecule has 0 fully saturated rings. The summed E-state index contributed by atoms with van der Waals surface area (Å²) in [6, 6.07) is 10.7. The Kier molecular flexibility index (Phi) is 6.27. The van der Waals surface area contributed by atoms with Crippen molar-refractivity contribution in [3.05, 3.63) is 47.0 Å². The molecule has 3 rings (SSSR count). The third-order valence-corrected chi connectivity index (χ3v) is 6.43. The van der Waals surface area contributed by atoms with Gasteiger partial charge in [-0.15, -0.1) is 0 Å². The van der Waals surface area contributed by atoms with Gasteiger partial charge in [0.2, 0.25) is 15.9 Å². The number of nitrogens with zero attached hydrogens (tertiary/aromatic N) is 2. The molecule has 1 aliphatic heterocycles. The second-order valence-corrected chi connectivity index (χ2v) is 8.44. The van der Waals surface area contributed by atoms with Gasteiger partial charge in [-0.05, 0) is 30.3 Å². The summed E-state index contributed by atoms with van der Waals surface area (Å²) in [7, 11) is -3.97. The summed E-state index contributed by atoms with van der Waals surface area (Å²) < 4.78 is 37.7. The van der Waals surface area contributed by atoms with Crippen LogP contribution >= 0.6 is 11.6 Å². The molecule has 1 aliphatic rings. The number of amides is 1. The van der Waals surface area contributed by atoms with Gasteiger partial charge in [-0.25, -0.2) is 8.42 Å². The fourth-order valence-electron chi connectivity index (χ4n) is 2.74. The van der Waals surface area contributed by atoms with Crippen LogP contribution in [0.15, 0.2) is 41.3 Å². The monoisotopic (exact) mass is 435 g/mol. The van der Waals surface area contributed by atoms with Crippen LogP contribution in [0.25, 0.3) is 0 Å². The Bertz CT molecular complexity index is 1080. The van der Waals surface area contributed by atoms with Crippen LogP contribution in [-0.2, 0) is 14.8 Å². The van der Waals surface area contributed by atoms with Crippen molar-refractivity contribution in [3.8, 4) is 17.6 Å². The van der Waals surface area contributed by atoms with Crippen LogP contribution in [0.2, 0.25) is 5.02 Å². The van der Waals surface area contributed by atoms with Crippen LogP contribution in [0.3, 0.4) is 0 Å². The lowest BCUT2D eigenvalue weighted by atomic mass is 10.2. The molecule has 0 atom stereocenters. The van der Waals surface area contributed by atoms with Crippen LogP contribution in [0, 0.1) is 11.3 Å². The highest BCUT2D eigenvalue weighted by molar-refractivity contribution is 7.89. The fraction of sp³-hybridized carbons (Fsp3) is 0.263. The zero-order chi connectivity index (χ0) is 21.0. The molecule has 0 aromatic heterocycles. The number of hydrogen-bond donors (Lipinski definition) is 1. The van der Waals surface area contributed by atoms with Crippen molar-refractivity contribution in [2.45, 2.75) is 11.8 Å². The maximum absolute atomic E-state index is 12.9. The number of sulfonamides is 1. The summed E-state index contributed by atoms with van der Waals surface area (Å²) in [6.45, 7) is 2.19. The summed E-state index contributed by atoms with van der Waals surface area (Å²) in [6.07, 6.45) is 0. The molecule has 0 unspecified atom stereocenters. The first-order valence-electron chi connectivity index (χ1n) is 8.74. The molecule has 2 aromatic carbocycles. The summed E-state index contributed by atoms with van der Waals surface area (Å²) in [5.41, 5.74) is 0.638. The molecular weight excluding hydrogens is 418 g/mol. The lowest BCUT2D eigenvalue weighted by Crippen LogP contribution is -2.37. The molecule has 0 saturated heterocycles. The lowest BCUT2D eigenvalue weighted by Gasteiger charge is -2.21. The number of anilines is 1. The largest absolute Gasteiger partial charge is 0.486 e. The van der Waals surface area contributed by atoms with Gasteiger partial charge in [0.05, 0.1) is 22.0 Å². The van der Waals surface area contributed by atoms with Gasteiger partial charge in [0.15, 0.2) is 11.5 Å².